The summed E-state index contributed by atoms with van der Waals surface area (Å²) in [5, 5.41) is 19.2. The van der Waals surface area contributed by atoms with Crippen LogP contribution in [0.3, 0.4) is 0 Å². The first kappa shape index (κ1) is 29.2. The quantitative estimate of drug-likeness (QED) is 0.310. The van der Waals surface area contributed by atoms with E-state index in [2.05, 4.69) is 0 Å². The molecule has 0 amide bonds. The van der Waals surface area contributed by atoms with E-state index in [0.717, 1.165) is 31.3 Å². The van der Waals surface area contributed by atoms with E-state index in [1.165, 1.54) is 63.9 Å². The van der Waals surface area contributed by atoms with Crippen molar-refractivity contribution >= 4 is 23.1 Å². The number of Topliss-reactive ketones (excluding diaryl/α,β-unsaturated/α-hetero) is 3. The highest BCUT2D eigenvalue weighted by Crippen LogP contribution is 2.29. The van der Waals surface area contributed by atoms with Crippen LogP contribution in [0.15, 0.2) is 71.7 Å². The van der Waals surface area contributed by atoms with Gasteiger partial charge in [-0.2, -0.15) is 0 Å². The number of unbranched alkanes of at least 4 members (excludes halogenated alkanes) is 5. The number of carbonyl (C=O) groups is 4. The first-order chi connectivity index (χ1) is 19.4. The van der Waals surface area contributed by atoms with Gasteiger partial charge in [-0.05, 0) is 18.8 Å². The Balaban J connectivity index is 0.000000236. The highest BCUT2D eigenvalue weighted by molar-refractivity contribution is 6.26. The molecule has 0 bridgehead atoms. The molecule has 2 aromatic rings. The Hall–Kier alpha value is -3.80. The van der Waals surface area contributed by atoms with Crippen molar-refractivity contribution in [3.05, 3.63) is 94.0 Å². The molecule has 0 saturated heterocycles. The van der Waals surface area contributed by atoms with E-state index in [1.807, 2.05) is 0 Å². The molecule has 2 aromatic carbocycles. The Labute approximate surface area is 235 Å². The molecule has 6 heteroatoms. The predicted octanol–water partition coefficient (Wildman–Crippen LogP) is 8.09. The minimum atomic E-state index is -0.491. The molecule has 0 unspecified atom stereocenters. The molecule has 0 aromatic heterocycles. The van der Waals surface area contributed by atoms with Crippen LogP contribution >= 0.6 is 0 Å². The van der Waals surface area contributed by atoms with Crippen molar-refractivity contribution < 1.29 is 29.4 Å². The largest absolute Gasteiger partial charge is 0.504 e. The van der Waals surface area contributed by atoms with Crippen molar-refractivity contribution in [2.45, 2.75) is 83.5 Å². The molecule has 0 atom stereocenters. The third-order valence-electron chi connectivity index (χ3n) is 8.14. The molecule has 0 heterocycles. The summed E-state index contributed by atoms with van der Waals surface area (Å²) in [5.41, 5.74) is 1.67. The zero-order chi connectivity index (χ0) is 28.5. The lowest BCUT2D eigenvalue weighted by atomic mass is 9.85. The molecule has 0 radical (unpaired) electrons. The number of rotatable bonds is 9. The van der Waals surface area contributed by atoms with Gasteiger partial charge in [0.15, 0.2) is 23.1 Å². The third-order valence-corrected chi connectivity index (χ3v) is 8.14. The van der Waals surface area contributed by atoms with E-state index in [-0.39, 0.29) is 22.9 Å². The van der Waals surface area contributed by atoms with E-state index in [4.69, 9.17) is 5.11 Å². The lowest BCUT2D eigenvalue weighted by Crippen LogP contribution is -2.22. The minimum absolute atomic E-state index is 0.185. The van der Waals surface area contributed by atoms with E-state index in [0.29, 0.717) is 28.7 Å². The van der Waals surface area contributed by atoms with E-state index in [1.54, 1.807) is 42.5 Å². The SMILES string of the molecule is O=C1C(O)=C(CCCCCCCCC2CCCCC2)C(=O)c2ccccc21.O=C1C=C(O)C(=O)c2ccccc21. The fraction of sp³-hybridized carbons (Fsp3) is 0.412. The highest BCUT2D eigenvalue weighted by atomic mass is 16.3. The average Bonchev–Trinajstić information content (AvgIpc) is 2.98. The Morgan fingerprint density at radius 3 is 1.77 bits per heavy atom. The van der Waals surface area contributed by atoms with Gasteiger partial charge in [0.25, 0.3) is 0 Å². The number of hydrogen-bond donors (Lipinski definition) is 2. The maximum Gasteiger partial charge on any atom is 0.228 e. The maximum absolute atomic E-state index is 12.6. The number of allylic oxidation sites excluding steroid dienone is 4. The average molecular weight is 543 g/mol. The monoisotopic (exact) mass is 542 g/mol. The third kappa shape index (κ3) is 7.04. The van der Waals surface area contributed by atoms with Crippen LogP contribution < -0.4 is 0 Å². The Morgan fingerprint density at radius 2 is 1.12 bits per heavy atom. The van der Waals surface area contributed by atoms with E-state index < -0.39 is 17.3 Å². The number of aliphatic hydroxyl groups is 2. The molecule has 1 saturated carbocycles. The first-order valence-electron chi connectivity index (χ1n) is 14.6. The number of fused-ring (bicyclic) bond motifs is 2. The summed E-state index contributed by atoms with van der Waals surface area (Å²) in [7, 11) is 0. The van der Waals surface area contributed by atoms with Crippen LogP contribution in [0.2, 0.25) is 0 Å². The summed E-state index contributed by atoms with van der Waals surface area (Å²) in [6.07, 6.45) is 17.0. The zero-order valence-electron chi connectivity index (χ0n) is 23.0. The topological polar surface area (TPSA) is 109 Å². The Kier molecular flexibility index (Phi) is 10.2. The van der Waals surface area contributed by atoms with Gasteiger partial charge in [-0.15, -0.1) is 0 Å². The number of carbonyl (C=O) groups excluding carboxylic acids is 4. The summed E-state index contributed by atoms with van der Waals surface area (Å²) in [6, 6.07) is 13.2. The molecule has 3 aliphatic rings. The second-order valence-electron chi connectivity index (χ2n) is 11.0. The number of benzene rings is 2. The van der Waals surface area contributed by atoms with Crippen LogP contribution in [0.25, 0.3) is 0 Å². The number of ketones is 4. The normalized spacial score (nSPS) is 17.1. The molecule has 1 fully saturated rings. The van der Waals surface area contributed by atoms with Crippen LogP contribution in [-0.4, -0.2) is 33.3 Å². The van der Waals surface area contributed by atoms with Gasteiger partial charge in [0.1, 0.15) is 0 Å². The number of hydrogen-bond acceptors (Lipinski definition) is 6. The van der Waals surface area contributed by atoms with Crippen molar-refractivity contribution in [2.75, 3.05) is 0 Å². The maximum atomic E-state index is 12.6. The van der Waals surface area contributed by atoms with Gasteiger partial charge < -0.3 is 10.2 Å². The van der Waals surface area contributed by atoms with Crippen LogP contribution in [0.1, 0.15) is 125 Å². The lowest BCUT2D eigenvalue weighted by molar-refractivity contribution is 0.0926. The minimum Gasteiger partial charge on any atom is -0.504 e. The summed E-state index contributed by atoms with van der Waals surface area (Å²) < 4.78 is 0. The molecule has 3 aliphatic carbocycles. The molecular formula is C34H38O6. The fourth-order valence-electron chi connectivity index (χ4n) is 5.86. The second kappa shape index (κ2) is 14.0. The van der Waals surface area contributed by atoms with Crippen LogP contribution in [0, 0.1) is 5.92 Å². The van der Waals surface area contributed by atoms with Crippen LogP contribution in [0.4, 0.5) is 0 Å². The van der Waals surface area contributed by atoms with Gasteiger partial charge in [0, 0.05) is 33.9 Å². The molecule has 40 heavy (non-hydrogen) atoms. The molecule has 210 valence electrons. The molecule has 5 rings (SSSR count). The molecule has 6 nitrogen and oxygen atoms in total. The molecule has 0 spiro atoms. The van der Waals surface area contributed by atoms with Crippen molar-refractivity contribution in [1.82, 2.24) is 0 Å². The standard InChI is InChI=1S/C24H32O3.C10H6O3/c25-22-19-15-10-11-16-20(19)23(26)24(27)21(22)17-9-4-2-1-3-6-12-18-13-7-5-8-14-18;11-8-5-9(12)10(13)7-4-2-1-3-6(7)8/h10-11,15-16,18,27H,1-9,12-14,17H2;1-5,12H. The van der Waals surface area contributed by atoms with Gasteiger partial charge in [-0.3, -0.25) is 19.2 Å². The van der Waals surface area contributed by atoms with Crippen LogP contribution in [-0.2, 0) is 0 Å². The van der Waals surface area contributed by atoms with Crippen molar-refractivity contribution in [3.63, 3.8) is 0 Å². The van der Waals surface area contributed by atoms with Crippen molar-refractivity contribution in [2.24, 2.45) is 5.92 Å². The van der Waals surface area contributed by atoms with Crippen molar-refractivity contribution in [1.29, 1.82) is 0 Å². The molecule has 2 N–H and O–H groups in total. The zero-order valence-corrected chi connectivity index (χ0v) is 23.0. The lowest BCUT2D eigenvalue weighted by Gasteiger charge is -2.21. The highest BCUT2D eigenvalue weighted by Gasteiger charge is 2.31. The summed E-state index contributed by atoms with van der Waals surface area (Å²) in [6.45, 7) is 0. The first-order valence-corrected chi connectivity index (χ1v) is 14.6. The fourth-order valence-corrected chi connectivity index (χ4v) is 5.86. The Bertz CT molecular complexity index is 1330. The van der Waals surface area contributed by atoms with E-state index in [9.17, 15) is 24.3 Å². The number of aliphatic hydroxyl groups excluding tert-OH is 2. The molecular weight excluding hydrogens is 504 g/mol. The summed E-state index contributed by atoms with van der Waals surface area (Å²) >= 11 is 0. The molecule has 0 aliphatic heterocycles. The van der Waals surface area contributed by atoms with Crippen LogP contribution in [0.5, 0.6) is 0 Å². The van der Waals surface area contributed by atoms with Gasteiger partial charge in [0.2, 0.25) is 11.6 Å². The smallest absolute Gasteiger partial charge is 0.228 e. The summed E-state index contributed by atoms with van der Waals surface area (Å²) in [4.78, 5) is 47.4. The van der Waals surface area contributed by atoms with Gasteiger partial charge in [-0.1, -0.05) is 119 Å². The van der Waals surface area contributed by atoms with Gasteiger partial charge in [-0.25, -0.2) is 0 Å². The van der Waals surface area contributed by atoms with Gasteiger partial charge >= 0.3 is 0 Å². The predicted molar refractivity (Wildman–Crippen MR) is 154 cm³/mol. The van der Waals surface area contributed by atoms with Gasteiger partial charge in [0.05, 0.1) is 0 Å². The Morgan fingerprint density at radius 1 is 0.600 bits per heavy atom. The summed E-state index contributed by atoms with van der Waals surface area (Å²) in [5.74, 6) is -1.26. The van der Waals surface area contributed by atoms with E-state index >= 15 is 0 Å². The van der Waals surface area contributed by atoms with Crippen molar-refractivity contribution in [3.8, 4) is 0 Å². The second-order valence-corrected chi connectivity index (χ2v) is 11.0.